The van der Waals surface area contributed by atoms with Crippen molar-refractivity contribution in [1.82, 2.24) is 0 Å². The van der Waals surface area contributed by atoms with E-state index >= 15 is 0 Å². The van der Waals surface area contributed by atoms with Gasteiger partial charge in [-0.1, -0.05) is 26.1 Å². The fraction of sp³-hybridized carbons (Fsp3) is 0.667. The van der Waals surface area contributed by atoms with E-state index in [1.165, 1.54) is 6.16 Å². The molecule has 0 aromatic rings. The highest BCUT2D eigenvalue weighted by Crippen LogP contribution is 2.77. The molecule has 4 aliphatic rings. The lowest BCUT2D eigenvalue weighted by Gasteiger charge is -2.59. The topological polar surface area (TPSA) is 26.0 Å². The van der Waals surface area contributed by atoms with E-state index in [-0.39, 0.29) is 7.92 Å². The Labute approximate surface area is 86.2 Å². The molecule has 8 unspecified atom stereocenters. The van der Waals surface area contributed by atoms with Gasteiger partial charge in [0.05, 0.1) is 0 Å². The molecule has 1 saturated carbocycles. The molecule has 2 saturated heterocycles. The van der Waals surface area contributed by atoms with Crippen LogP contribution in [0.5, 0.6) is 0 Å². The Morgan fingerprint density at radius 2 is 2.14 bits per heavy atom. The molecule has 0 amide bonds. The molecule has 14 heavy (non-hydrogen) atoms. The summed E-state index contributed by atoms with van der Waals surface area (Å²) in [4.78, 5) is 0. The maximum atomic E-state index is 6.31. The van der Waals surface area contributed by atoms with Gasteiger partial charge in [0, 0.05) is 11.7 Å². The second-order valence-electron chi connectivity index (χ2n) is 5.27. The lowest BCUT2D eigenvalue weighted by atomic mass is 9.53. The Kier molecular flexibility index (Phi) is 1.35. The van der Waals surface area contributed by atoms with Crippen molar-refractivity contribution in [2.75, 3.05) is 6.16 Å². The van der Waals surface area contributed by atoms with Crippen molar-refractivity contribution in [1.29, 1.82) is 0 Å². The summed E-state index contributed by atoms with van der Waals surface area (Å²) in [6.07, 6.45) is 8.48. The first-order valence-corrected chi connectivity index (χ1v) is 7.31. The van der Waals surface area contributed by atoms with E-state index in [1.807, 2.05) is 0 Å². The van der Waals surface area contributed by atoms with Crippen LogP contribution in [0.25, 0.3) is 0 Å². The van der Waals surface area contributed by atoms with Crippen LogP contribution in [0.2, 0.25) is 0 Å². The number of nitrogens with two attached hydrogens (primary N) is 1. The maximum Gasteiger partial charge on any atom is 0.0177 e. The van der Waals surface area contributed by atoms with Crippen molar-refractivity contribution in [2.24, 2.45) is 29.4 Å². The SMILES string of the molecule is C=CC1C(N)C2CP1C1C3C=CC3C21. The predicted molar refractivity (Wildman–Crippen MR) is 60.6 cm³/mol. The first-order chi connectivity index (χ1) is 6.83. The Morgan fingerprint density at radius 1 is 1.36 bits per heavy atom. The second-order valence-corrected chi connectivity index (χ2v) is 7.86. The van der Waals surface area contributed by atoms with Crippen molar-refractivity contribution in [2.45, 2.75) is 17.4 Å². The van der Waals surface area contributed by atoms with Crippen molar-refractivity contribution in [3.8, 4) is 0 Å². The zero-order valence-corrected chi connectivity index (χ0v) is 9.11. The summed E-state index contributed by atoms with van der Waals surface area (Å²) in [5.74, 6) is 3.74. The third-order valence-corrected chi connectivity index (χ3v) is 8.66. The van der Waals surface area contributed by atoms with Crippen molar-refractivity contribution >= 4 is 7.92 Å². The van der Waals surface area contributed by atoms with E-state index in [2.05, 4.69) is 24.8 Å². The molecular formula is C12H16NP. The minimum atomic E-state index is 0.206. The third-order valence-electron chi connectivity index (χ3n) is 5.05. The molecule has 2 aliphatic carbocycles. The Morgan fingerprint density at radius 3 is 2.79 bits per heavy atom. The van der Waals surface area contributed by atoms with Gasteiger partial charge >= 0.3 is 0 Å². The van der Waals surface area contributed by atoms with E-state index in [0.29, 0.717) is 11.7 Å². The van der Waals surface area contributed by atoms with E-state index in [1.54, 1.807) is 0 Å². The molecule has 8 atom stereocenters. The molecule has 3 fully saturated rings. The quantitative estimate of drug-likeness (QED) is 0.512. The Hall–Kier alpha value is -0.130. The first kappa shape index (κ1) is 8.07. The Bertz CT molecular complexity index is 337. The van der Waals surface area contributed by atoms with Gasteiger partial charge in [-0.05, 0) is 35.5 Å². The summed E-state index contributed by atoms with van der Waals surface area (Å²) in [6, 6.07) is 0.454. The number of allylic oxidation sites excluding steroid dienone is 2. The minimum absolute atomic E-state index is 0.206. The molecule has 0 aromatic heterocycles. The second kappa shape index (κ2) is 2.33. The van der Waals surface area contributed by atoms with Gasteiger partial charge < -0.3 is 5.73 Å². The van der Waals surface area contributed by atoms with Gasteiger partial charge in [-0.25, -0.2) is 0 Å². The van der Waals surface area contributed by atoms with Crippen LogP contribution in [0, 0.1) is 23.7 Å². The van der Waals surface area contributed by atoms with Crippen LogP contribution >= 0.6 is 7.92 Å². The molecule has 0 aromatic carbocycles. The van der Waals surface area contributed by atoms with E-state index in [9.17, 15) is 0 Å². The summed E-state index contributed by atoms with van der Waals surface area (Å²) in [6.45, 7) is 3.98. The summed E-state index contributed by atoms with van der Waals surface area (Å²) in [7, 11) is 0.206. The molecular weight excluding hydrogens is 189 g/mol. The van der Waals surface area contributed by atoms with Crippen LogP contribution in [0.3, 0.4) is 0 Å². The smallest absolute Gasteiger partial charge is 0.0177 e. The zero-order chi connectivity index (χ0) is 9.45. The van der Waals surface area contributed by atoms with Gasteiger partial charge in [-0.15, -0.1) is 6.58 Å². The van der Waals surface area contributed by atoms with Gasteiger partial charge in [0.25, 0.3) is 0 Å². The lowest BCUT2D eigenvalue weighted by molar-refractivity contribution is 0.0816. The predicted octanol–water partition coefficient (Wildman–Crippen LogP) is 1.79. The fourth-order valence-corrected chi connectivity index (χ4v) is 8.76. The highest BCUT2D eigenvalue weighted by Gasteiger charge is 2.67. The summed E-state index contributed by atoms with van der Waals surface area (Å²) < 4.78 is 0. The number of hydrogen-bond donors (Lipinski definition) is 1. The van der Waals surface area contributed by atoms with Crippen LogP contribution in [0.15, 0.2) is 24.8 Å². The van der Waals surface area contributed by atoms with Gasteiger partial charge in [0.1, 0.15) is 0 Å². The van der Waals surface area contributed by atoms with Crippen LogP contribution in [-0.4, -0.2) is 23.5 Å². The summed E-state index contributed by atoms with van der Waals surface area (Å²) >= 11 is 0. The van der Waals surface area contributed by atoms with Gasteiger partial charge in [-0.3, -0.25) is 0 Å². The number of rotatable bonds is 1. The number of fused-ring (bicyclic) bond motifs is 8. The highest BCUT2D eigenvalue weighted by molar-refractivity contribution is 7.60. The molecule has 2 heteroatoms. The van der Waals surface area contributed by atoms with Gasteiger partial charge in [0.15, 0.2) is 0 Å². The minimum Gasteiger partial charge on any atom is -0.327 e. The normalized spacial score (nSPS) is 66.6. The highest BCUT2D eigenvalue weighted by atomic mass is 31.1. The molecule has 1 nitrogen and oxygen atoms in total. The average Bonchev–Trinajstić information content (AvgIpc) is 2.59. The molecule has 2 heterocycles. The largest absolute Gasteiger partial charge is 0.327 e. The van der Waals surface area contributed by atoms with Gasteiger partial charge in [0.2, 0.25) is 0 Å². The fourth-order valence-electron chi connectivity index (χ4n) is 4.37. The van der Waals surface area contributed by atoms with Crippen molar-refractivity contribution in [3.63, 3.8) is 0 Å². The summed E-state index contributed by atoms with van der Waals surface area (Å²) in [5.41, 5.74) is 8.05. The molecule has 0 spiro atoms. The van der Waals surface area contributed by atoms with Crippen LogP contribution in [-0.2, 0) is 0 Å². The Balaban J connectivity index is 1.73. The summed E-state index contributed by atoms with van der Waals surface area (Å²) in [5, 5.41) is 0. The molecule has 0 radical (unpaired) electrons. The molecule has 2 bridgehead atoms. The van der Waals surface area contributed by atoms with E-state index in [0.717, 1.165) is 29.3 Å². The lowest BCUT2D eigenvalue weighted by Crippen LogP contribution is -2.59. The standard InChI is InChI=1S/C12H16NP/c1-2-9-11(13)8-5-14(9)12-7-4-3-6(7)10(8)12/h2-4,6-12H,1,5,13H2. The molecule has 2 aliphatic heterocycles. The average molecular weight is 205 g/mol. The van der Waals surface area contributed by atoms with Gasteiger partial charge in [-0.2, -0.15) is 0 Å². The maximum absolute atomic E-state index is 6.31. The molecule has 2 N–H and O–H groups in total. The third kappa shape index (κ3) is 0.638. The van der Waals surface area contributed by atoms with Crippen molar-refractivity contribution in [3.05, 3.63) is 24.8 Å². The van der Waals surface area contributed by atoms with E-state index < -0.39 is 0 Å². The first-order valence-electron chi connectivity index (χ1n) is 5.65. The van der Waals surface area contributed by atoms with Crippen LogP contribution < -0.4 is 5.73 Å². The van der Waals surface area contributed by atoms with Crippen LogP contribution in [0.1, 0.15) is 0 Å². The monoisotopic (exact) mass is 205 g/mol. The van der Waals surface area contributed by atoms with E-state index in [4.69, 9.17) is 5.73 Å². The molecule has 4 rings (SSSR count). The zero-order valence-electron chi connectivity index (χ0n) is 8.21. The van der Waals surface area contributed by atoms with Crippen LogP contribution in [0.4, 0.5) is 0 Å². The van der Waals surface area contributed by atoms with Crippen molar-refractivity contribution < 1.29 is 0 Å². The molecule has 74 valence electrons. The number of hydrogen-bond acceptors (Lipinski definition) is 1.